The van der Waals surface area contributed by atoms with Gasteiger partial charge in [-0.2, -0.15) is 0 Å². The number of alkyl halides is 2. The van der Waals surface area contributed by atoms with E-state index in [1.54, 1.807) is 22.6 Å². The molecular weight excluding hydrogens is 354 g/mol. The third kappa shape index (κ3) is 3.00. The van der Waals surface area contributed by atoms with Crippen LogP contribution in [0.3, 0.4) is 0 Å². The van der Waals surface area contributed by atoms with Crippen LogP contribution in [0.25, 0.3) is 0 Å². The van der Waals surface area contributed by atoms with Crippen LogP contribution >= 0.6 is 34.2 Å². The van der Waals surface area contributed by atoms with Crippen molar-refractivity contribution in [3.8, 4) is 0 Å². The number of hydrogen-bond acceptors (Lipinski definition) is 3. The standard InChI is InChI=1S/C9H7ClF2INO2/c1-16-5(15)2-4-3-14-9(13)6(7(4)10)8(11)12/h3,8H,2H2,1H3. The van der Waals surface area contributed by atoms with Crippen molar-refractivity contribution >= 4 is 40.2 Å². The van der Waals surface area contributed by atoms with Crippen LogP contribution in [0.4, 0.5) is 8.78 Å². The molecule has 0 fully saturated rings. The quantitative estimate of drug-likeness (QED) is 0.472. The predicted octanol–water partition coefficient (Wildman–Crippen LogP) is 2.99. The van der Waals surface area contributed by atoms with Gasteiger partial charge in [0.1, 0.15) is 3.70 Å². The van der Waals surface area contributed by atoms with E-state index >= 15 is 0 Å². The first-order chi connectivity index (χ1) is 7.47. The molecule has 0 atom stereocenters. The highest BCUT2D eigenvalue weighted by atomic mass is 127. The number of halogens is 4. The molecule has 1 rings (SSSR count). The summed E-state index contributed by atoms with van der Waals surface area (Å²) in [4.78, 5) is 14.8. The molecule has 0 spiro atoms. The third-order valence-electron chi connectivity index (χ3n) is 1.86. The van der Waals surface area contributed by atoms with E-state index in [2.05, 4.69) is 9.72 Å². The number of carbonyl (C=O) groups is 1. The van der Waals surface area contributed by atoms with Gasteiger partial charge in [-0.1, -0.05) is 11.6 Å². The van der Waals surface area contributed by atoms with Crippen LogP contribution < -0.4 is 0 Å². The van der Waals surface area contributed by atoms with Gasteiger partial charge in [0, 0.05) is 11.8 Å². The lowest BCUT2D eigenvalue weighted by Crippen LogP contribution is -2.07. The van der Waals surface area contributed by atoms with Crippen LogP contribution in [0.2, 0.25) is 5.02 Å². The van der Waals surface area contributed by atoms with Crippen LogP contribution in [-0.4, -0.2) is 18.1 Å². The van der Waals surface area contributed by atoms with Gasteiger partial charge in [0.2, 0.25) is 0 Å². The molecule has 16 heavy (non-hydrogen) atoms. The van der Waals surface area contributed by atoms with Crippen molar-refractivity contribution in [1.82, 2.24) is 4.98 Å². The molecule has 0 aliphatic heterocycles. The summed E-state index contributed by atoms with van der Waals surface area (Å²) in [5, 5.41) is -0.125. The summed E-state index contributed by atoms with van der Waals surface area (Å²) in [5.41, 5.74) is -0.104. The molecule has 0 aromatic carbocycles. The van der Waals surface area contributed by atoms with Gasteiger partial charge in [-0.15, -0.1) is 0 Å². The topological polar surface area (TPSA) is 39.2 Å². The van der Waals surface area contributed by atoms with Crippen LogP contribution in [0, 0.1) is 3.70 Å². The fraction of sp³-hybridized carbons (Fsp3) is 0.333. The zero-order valence-electron chi connectivity index (χ0n) is 8.14. The van der Waals surface area contributed by atoms with Crippen LogP contribution in [-0.2, 0) is 16.0 Å². The number of pyridine rings is 1. The lowest BCUT2D eigenvalue weighted by molar-refractivity contribution is -0.139. The fourth-order valence-electron chi connectivity index (χ4n) is 1.06. The Morgan fingerprint density at radius 3 is 2.81 bits per heavy atom. The van der Waals surface area contributed by atoms with Gasteiger partial charge in [-0.05, 0) is 22.6 Å². The second-order valence-electron chi connectivity index (χ2n) is 2.86. The highest BCUT2D eigenvalue weighted by molar-refractivity contribution is 14.1. The number of carbonyl (C=O) groups excluding carboxylic acids is 1. The molecule has 88 valence electrons. The lowest BCUT2D eigenvalue weighted by atomic mass is 10.1. The zero-order valence-corrected chi connectivity index (χ0v) is 11.1. The van der Waals surface area contributed by atoms with E-state index in [-0.39, 0.29) is 26.3 Å². The maximum Gasteiger partial charge on any atom is 0.310 e. The summed E-state index contributed by atoms with van der Waals surface area (Å²) in [7, 11) is 1.21. The second kappa shape index (κ2) is 5.72. The average molecular weight is 362 g/mol. The van der Waals surface area contributed by atoms with E-state index in [1.807, 2.05) is 0 Å². The van der Waals surface area contributed by atoms with Crippen molar-refractivity contribution in [2.45, 2.75) is 12.8 Å². The first kappa shape index (κ1) is 13.6. The molecule has 0 saturated carbocycles. The van der Waals surface area contributed by atoms with E-state index in [4.69, 9.17) is 11.6 Å². The summed E-state index contributed by atoms with van der Waals surface area (Å²) in [5.74, 6) is -0.551. The number of hydrogen-bond donors (Lipinski definition) is 0. The normalized spacial score (nSPS) is 10.6. The Labute approximate surface area is 109 Å². The maximum atomic E-state index is 12.6. The van der Waals surface area contributed by atoms with Gasteiger partial charge in [-0.3, -0.25) is 4.79 Å². The average Bonchev–Trinajstić information content (AvgIpc) is 2.21. The molecule has 0 saturated heterocycles. The molecule has 0 aliphatic carbocycles. The van der Waals surface area contributed by atoms with E-state index in [9.17, 15) is 13.6 Å². The van der Waals surface area contributed by atoms with Crippen molar-refractivity contribution in [1.29, 1.82) is 0 Å². The van der Waals surface area contributed by atoms with Gasteiger partial charge in [0.25, 0.3) is 6.43 Å². The fourth-order valence-corrected chi connectivity index (χ4v) is 2.15. The molecule has 0 N–H and O–H groups in total. The van der Waals surface area contributed by atoms with E-state index in [0.29, 0.717) is 0 Å². The van der Waals surface area contributed by atoms with Crippen molar-refractivity contribution < 1.29 is 18.3 Å². The molecule has 0 unspecified atom stereocenters. The van der Waals surface area contributed by atoms with Crippen molar-refractivity contribution in [3.63, 3.8) is 0 Å². The molecule has 0 aliphatic rings. The van der Waals surface area contributed by atoms with Crippen LogP contribution in [0.15, 0.2) is 6.20 Å². The van der Waals surface area contributed by atoms with Crippen LogP contribution in [0.1, 0.15) is 17.6 Å². The van der Waals surface area contributed by atoms with Gasteiger partial charge in [0.15, 0.2) is 0 Å². The first-order valence-corrected chi connectivity index (χ1v) is 5.60. The number of aromatic nitrogens is 1. The Balaban J connectivity index is 3.13. The molecule has 0 bridgehead atoms. The maximum absolute atomic E-state index is 12.6. The molecular formula is C9H7ClF2INO2. The molecule has 1 heterocycles. The van der Waals surface area contributed by atoms with Gasteiger partial charge in [-0.25, -0.2) is 13.8 Å². The number of ether oxygens (including phenoxy) is 1. The predicted molar refractivity (Wildman–Crippen MR) is 62.6 cm³/mol. The molecule has 1 aromatic heterocycles. The summed E-state index contributed by atoms with van der Waals surface area (Å²) >= 11 is 7.45. The second-order valence-corrected chi connectivity index (χ2v) is 4.26. The summed E-state index contributed by atoms with van der Waals surface area (Å²) in [6, 6.07) is 0. The molecule has 3 nitrogen and oxygen atoms in total. The molecule has 7 heteroatoms. The number of methoxy groups -OCH3 is 1. The van der Waals surface area contributed by atoms with Gasteiger partial charge >= 0.3 is 5.97 Å². The molecule has 0 amide bonds. The Morgan fingerprint density at radius 2 is 2.31 bits per heavy atom. The minimum absolute atomic E-state index is 0.125. The largest absolute Gasteiger partial charge is 0.469 e. The van der Waals surface area contributed by atoms with Crippen LogP contribution in [0.5, 0.6) is 0 Å². The monoisotopic (exact) mass is 361 g/mol. The number of rotatable bonds is 3. The number of nitrogens with zero attached hydrogens (tertiary/aromatic N) is 1. The first-order valence-electron chi connectivity index (χ1n) is 4.15. The summed E-state index contributed by atoms with van der Waals surface area (Å²) in [6.45, 7) is 0. The summed E-state index contributed by atoms with van der Waals surface area (Å²) < 4.78 is 29.8. The minimum atomic E-state index is -2.72. The Bertz CT molecular complexity index is 415. The zero-order chi connectivity index (χ0) is 12.3. The van der Waals surface area contributed by atoms with E-state index in [1.165, 1.54) is 13.3 Å². The van der Waals surface area contributed by atoms with Gasteiger partial charge < -0.3 is 4.74 Å². The third-order valence-corrected chi connectivity index (χ3v) is 3.16. The Hall–Kier alpha value is -0.500. The highest BCUT2D eigenvalue weighted by Crippen LogP contribution is 2.32. The lowest BCUT2D eigenvalue weighted by Gasteiger charge is -2.09. The Kier molecular flexibility index (Phi) is 4.85. The van der Waals surface area contributed by atoms with Crippen molar-refractivity contribution in [2.24, 2.45) is 0 Å². The highest BCUT2D eigenvalue weighted by Gasteiger charge is 2.21. The summed E-state index contributed by atoms with van der Waals surface area (Å²) in [6.07, 6.45) is -1.59. The number of esters is 1. The van der Waals surface area contributed by atoms with E-state index in [0.717, 1.165) is 0 Å². The van der Waals surface area contributed by atoms with Crippen molar-refractivity contribution in [3.05, 3.63) is 26.0 Å². The van der Waals surface area contributed by atoms with Crippen molar-refractivity contribution in [2.75, 3.05) is 7.11 Å². The van der Waals surface area contributed by atoms with E-state index < -0.39 is 12.4 Å². The molecule has 0 radical (unpaired) electrons. The molecule has 1 aromatic rings. The SMILES string of the molecule is COC(=O)Cc1cnc(I)c(C(F)F)c1Cl. The Morgan fingerprint density at radius 1 is 1.69 bits per heavy atom. The van der Waals surface area contributed by atoms with Gasteiger partial charge in [0.05, 0.1) is 24.1 Å². The minimum Gasteiger partial charge on any atom is -0.469 e. The smallest absolute Gasteiger partial charge is 0.310 e.